The normalized spacial score (nSPS) is 31.7. The molecule has 1 amide bonds. The van der Waals surface area contributed by atoms with Crippen LogP contribution in [0.15, 0.2) is 34.9 Å². The van der Waals surface area contributed by atoms with Crippen molar-refractivity contribution in [3.63, 3.8) is 0 Å². The molecule has 2 unspecified atom stereocenters. The van der Waals surface area contributed by atoms with E-state index >= 15 is 0 Å². The van der Waals surface area contributed by atoms with Crippen molar-refractivity contribution < 1.29 is 14.1 Å². The molecule has 0 N–H and O–H groups in total. The summed E-state index contributed by atoms with van der Waals surface area (Å²) < 4.78 is 15.8. The van der Waals surface area contributed by atoms with Gasteiger partial charge in [0.25, 0.3) is 0 Å². The Morgan fingerprint density at radius 1 is 1.17 bits per heavy atom. The van der Waals surface area contributed by atoms with Crippen LogP contribution in [0.5, 0.6) is 0 Å². The maximum atomic E-state index is 13.5. The van der Waals surface area contributed by atoms with Crippen molar-refractivity contribution in [1.82, 2.24) is 19.6 Å². The Kier molecular flexibility index (Phi) is 5.94. The highest BCUT2D eigenvalue weighted by Gasteiger charge is 2.60. The fourth-order valence-corrected chi connectivity index (χ4v) is 8.49. The number of amides is 1. The van der Waals surface area contributed by atoms with Crippen LogP contribution >= 0.6 is 15.9 Å². The Hall–Kier alpha value is -2.33. The number of rotatable bonds is 6. The first-order valence-corrected chi connectivity index (χ1v) is 13.7. The number of nitrogens with zero attached hydrogens (tertiary/aromatic N) is 5. The fourth-order valence-electron chi connectivity index (χ4n) is 8.07. The lowest BCUT2D eigenvalue weighted by Gasteiger charge is -2.61. The highest BCUT2D eigenvalue weighted by molar-refractivity contribution is 9.10. The van der Waals surface area contributed by atoms with E-state index in [0.717, 1.165) is 50.8 Å². The van der Waals surface area contributed by atoms with Crippen LogP contribution in [0.3, 0.4) is 0 Å². The van der Waals surface area contributed by atoms with Gasteiger partial charge in [0.1, 0.15) is 10.3 Å². The molecule has 1 saturated heterocycles. The Labute approximate surface area is 218 Å². The van der Waals surface area contributed by atoms with Gasteiger partial charge in [0, 0.05) is 39.1 Å². The number of piperazine rings is 1. The lowest BCUT2D eigenvalue weighted by Crippen LogP contribution is -2.58. The number of nitro groups is 1. The molecular weight excluding hydrogens is 529 g/mol. The van der Waals surface area contributed by atoms with Crippen LogP contribution in [-0.2, 0) is 16.9 Å². The minimum atomic E-state index is -0.436. The third-order valence-electron chi connectivity index (χ3n) is 9.01. The molecule has 2 aromatic rings. The van der Waals surface area contributed by atoms with E-state index < -0.39 is 4.92 Å². The first kappa shape index (κ1) is 24.0. The van der Waals surface area contributed by atoms with Gasteiger partial charge in [-0.05, 0) is 94.3 Å². The topological polar surface area (TPSA) is 84.5 Å². The number of aromatic nitrogens is 2. The molecule has 7 rings (SSSR count). The summed E-state index contributed by atoms with van der Waals surface area (Å²) in [5.74, 6) is 0.970. The van der Waals surface area contributed by atoms with Crippen molar-refractivity contribution in [1.29, 1.82) is 0 Å². The summed E-state index contributed by atoms with van der Waals surface area (Å²) >= 11 is 3.32. The van der Waals surface area contributed by atoms with Crippen molar-refractivity contribution >= 4 is 27.7 Å². The Balaban J connectivity index is 1.13. The Morgan fingerprint density at radius 2 is 1.89 bits per heavy atom. The zero-order valence-corrected chi connectivity index (χ0v) is 21.8. The van der Waals surface area contributed by atoms with E-state index in [2.05, 4.69) is 25.9 Å². The van der Waals surface area contributed by atoms with Gasteiger partial charge in [0.05, 0.1) is 16.8 Å². The zero-order chi connectivity index (χ0) is 25.1. The number of benzene rings is 1. The van der Waals surface area contributed by atoms with Crippen LogP contribution in [0, 0.1) is 33.2 Å². The van der Waals surface area contributed by atoms with Gasteiger partial charge < -0.3 is 15.0 Å². The number of hydrogen-bond acceptors (Lipinski definition) is 5. The average molecular weight is 560 g/mol. The van der Waals surface area contributed by atoms with E-state index in [4.69, 9.17) is 0 Å². The van der Waals surface area contributed by atoms with Gasteiger partial charge in [-0.1, -0.05) is 12.1 Å². The van der Waals surface area contributed by atoms with Crippen LogP contribution in [-0.4, -0.2) is 56.6 Å². The largest absolute Gasteiger partial charge is 0.404 e. The van der Waals surface area contributed by atoms with Crippen molar-refractivity contribution in [2.75, 3.05) is 26.2 Å². The van der Waals surface area contributed by atoms with Crippen LogP contribution in [0.4, 0.5) is 10.2 Å². The van der Waals surface area contributed by atoms with E-state index in [1.54, 1.807) is 18.3 Å². The molecule has 192 valence electrons. The van der Waals surface area contributed by atoms with Gasteiger partial charge >= 0.3 is 5.82 Å². The van der Waals surface area contributed by atoms with E-state index in [-0.39, 0.29) is 28.5 Å². The smallest absolute Gasteiger partial charge is 0.358 e. The van der Waals surface area contributed by atoms with Gasteiger partial charge in [-0.25, -0.2) is 4.39 Å². The molecule has 2 heterocycles. The van der Waals surface area contributed by atoms with E-state index in [1.807, 2.05) is 15.6 Å². The van der Waals surface area contributed by atoms with Gasteiger partial charge in [0.2, 0.25) is 5.91 Å². The summed E-state index contributed by atoms with van der Waals surface area (Å²) in [7, 11) is 0. The summed E-state index contributed by atoms with van der Waals surface area (Å²) in [5, 5.41) is 15.8. The number of halogens is 2. The van der Waals surface area contributed by atoms with Crippen LogP contribution in [0.2, 0.25) is 0 Å². The van der Waals surface area contributed by atoms with Gasteiger partial charge in [-0.2, -0.15) is 4.68 Å². The van der Waals surface area contributed by atoms with Crippen LogP contribution in [0.25, 0.3) is 0 Å². The molecule has 4 saturated carbocycles. The lowest BCUT2D eigenvalue weighted by atomic mass is 9.46. The number of carbonyl (C=O) groups is 1. The minimum Gasteiger partial charge on any atom is -0.358 e. The second-order valence-corrected chi connectivity index (χ2v) is 12.5. The molecule has 1 aromatic carbocycles. The first-order chi connectivity index (χ1) is 17.2. The standard InChI is InChI=1S/C26H31BrFN5O3/c27-22-16-32(29-24(22)33(35)36)26-12-19-8-20(13-26)11-25(10-19,17-26)14-23(34)31-6-4-30(5-7-31)15-18-2-1-3-21(28)9-18/h1-3,9,16,19-20H,4-8,10-15,17H2. The highest BCUT2D eigenvalue weighted by Crippen LogP contribution is 2.65. The van der Waals surface area contributed by atoms with Gasteiger partial charge in [-0.15, -0.1) is 0 Å². The Morgan fingerprint density at radius 3 is 2.53 bits per heavy atom. The second-order valence-electron chi connectivity index (χ2n) is 11.7. The molecule has 1 aliphatic heterocycles. The predicted octanol–water partition coefficient (Wildman–Crippen LogP) is 4.72. The fraction of sp³-hybridized carbons (Fsp3) is 0.615. The third kappa shape index (κ3) is 4.36. The molecule has 4 bridgehead atoms. The zero-order valence-electron chi connectivity index (χ0n) is 20.2. The summed E-state index contributed by atoms with van der Waals surface area (Å²) in [6.07, 6.45) is 8.51. The average Bonchev–Trinajstić information content (AvgIpc) is 3.21. The molecule has 0 spiro atoms. The first-order valence-electron chi connectivity index (χ1n) is 12.9. The minimum absolute atomic E-state index is 0.0485. The van der Waals surface area contributed by atoms with Crippen LogP contribution in [0.1, 0.15) is 50.5 Å². The van der Waals surface area contributed by atoms with Crippen LogP contribution < -0.4 is 0 Å². The summed E-state index contributed by atoms with van der Waals surface area (Å²) in [5.41, 5.74) is 0.678. The molecule has 4 aliphatic carbocycles. The maximum Gasteiger partial charge on any atom is 0.404 e. The van der Waals surface area contributed by atoms with Gasteiger partial charge in [-0.3, -0.25) is 9.69 Å². The molecule has 36 heavy (non-hydrogen) atoms. The molecule has 0 radical (unpaired) electrons. The van der Waals surface area contributed by atoms with E-state index in [9.17, 15) is 19.3 Å². The number of hydrogen-bond donors (Lipinski definition) is 0. The highest BCUT2D eigenvalue weighted by atomic mass is 79.9. The van der Waals surface area contributed by atoms with Crippen molar-refractivity contribution in [2.24, 2.45) is 17.3 Å². The van der Waals surface area contributed by atoms with Crippen molar-refractivity contribution in [2.45, 2.75) is 57.0 Å². The summed E-state index contributed by atoms with van der Waals surface area (Å²) in [4.78, 5) is 28.8. The van der Waals surface area contributed by atoms with Crippen molar-refractivity contribution in [3.8, 4) is 0 Å². The van der Waals surface area contributed by atoms with E-state index in [1.165, 1.54) is 12.5 Å². The molecule has 10 heteroatoms. The Bertz CT molecular complexity index is 1180. The third-order valence-corrected chi connectivity index (χ3v) is 9.57. The SMILES string of the molecule is O=C(CC12CC3CC(C1)CC(n1cc(Br)c([N+](=O)[O-])n1)(C3)C2)N1CCN(Cc2cccc(F)c2)CC1. The molecule has 1 aromatic heterocycles. The monoisotopic (exact) mass is 559 g/mol. The predicted molar refractivity (Wildman–Crippen MR) is 135 cm³/mol. The van der Waals surface area contributed by atoms with Gasteiger partial charge in [0.15, 0.2) is 0 Å². The lowest BCUT2D eigenvalue weighted by molar-refractivity contribution is -0.390. The summed E-state index contributed by atoms with van der Waals surface area (Å²) in [6, 6.07) is 6.72. The molecular formula is C26H31BrFN5O3. The number of carbonyl (C=O) groups excluding carboxylic acids is 1. The quantitative estimate of drug-likeness (QED) is 0.377. The maximum absolute atomic E-state index is 13.5. The molecule has 5 aliphatic rings. The van der Waals surface area contributed by atoms with Crippen molar-refractivity contribution in [3.05, 3.63) is 56.4 Å². The van der Waals surface area contributed by atoms with E-state index in [0.29, 0.717) is 42.4 Å². The molecule has 2 atom stereocenters. The summed E-state index contributed by atoms with van der Waals surface area (Å²) in [6.45, 7) is 3.66. The second kappa shape index (κ2) is 8.90. The molecule has 5 fully saturated rings. The molecule has 8 nitrogen and oxygen atoms in total.